The Kier molecular flexibility index (Phi) is 3.04. The van der Waals surface area contributed by atoms with Gasteiger partial charge in [-0.2, -0.15) is 0 Å². The first kappa shape index (κ1) is 12.8. The highest BCUT2D eigenvalue weighted by Gasteiger charge is 2.41. The van der Waals surface area contributed by atoms with Gasteiger partial charge < -0.3 is 10.6 Å². The van der Waals surface area contributed by atoms with Crippen molar-refractivity contribution in [1.82, 2.24) is 9.21 Å². The number of anilines is 1. The molecule has 1 aromatic rings. The molecular formula is C11H15N3O3S. The minimum Gasteiger partial charge on any atom is -0.398 e. The normalized spacial score (nSPS) is 17.3. The number of hydrogen-bond acceptors (Lipinski definition) is 5. The molecule has 0 aliphatic carbocycles. The third-order valence-electron chi connectivity index (χ3n) is 2.82. The lowest BCUT2D eigenvalue weighted by molar-refractivity contribution is 0.0866. The zero-order chi connectivity index (χ0) is 13.5. The largest absolute Gasteiger partial charge is 0.398 e. The van der Waals surface area contributed by atoms with Crippen LogP contribution in [0.5, 0.6) is 0 Å². The molecule has 0 aromatic heterocycles. The zero-order valence-corrected chi connectivity index (χ0v) is 11.1. The van der Waals surface area contributed by atoms with Crippen molar-refractivity contribution in [3.63, 3.8) is 0 Å². The lowest BCUT2D eigenvalue weighted by Gasteiger charge is -2.17. The van der Waals surface area contributed by atoms with E-state index in [4.69, 9.17) is 5.73 Å². The molecule has 2 rings (SSSR count). The summed E-state index contributed by atoms with van der Waals surface area (Å²) in [6.45, 7) is 0.598. The molecule has 0 unspecified atom stereocenters. The Morgan fingerprint density at radius 3 is 2.56 bits per heavy atom. The zero-order valence-electron chi connectivity index (χ0n) is 10.3. The van der Waals surface area contributed by atoms with Gasteiger partial charge in [0.1, 0.15) is 4.90 Å². The van der Waals surface area contributed by atoms with Gasteiger partial charge >= 0.3 is 0 Å². The van der Waals surface area contributed by atoms with Gasteiger partial charge in [-0.3, -0.25) is 4.79 Å². The Morgan fingerprint density at radius 1 is 1.33 bits per heavy atom. The molecule has 0 spiro atoms. The second-order valence-electron chi connectivity index (χ2n) is 4.41. The van der Waals surface area contributed by atoms with Crippen LogP contribution >= 0.6 is 0 Å². The van der Waals surface area contributed by atoms with Crippen molar-refractivity contribution in [3.05, 3.63) is 23.8 Å². The van der Waals surface area contributed by atoms with E-state index in [0.29, 0.717) is 6.54 Å². The number of carbonyl (C=O) groups is 1. The Bertz CT molecular complexity index is 596. The fourth-order valence-electron chi connectivity index (χ4n) is 1.86. The molecule has 98 valence electrons. The van der Waals surface area contributed by atoms with Crippen molar-refractivity contribution >= 4 is 21.6 Å². The summed E-state index contributed by atoms with van der Waals surface area (Å²) < 4.78 is 25.3. The summed E-state index contributed by atoms with van der Waals surface area (Å²) in [4.78, 5) is 13.9. The van der Waals surface area contributed by atoms with Crippen LogP contribution in [0, 0.1) is 0 Å². The number of hydrogen-bond donors (Lipinski definition) is 1. The summed E-state index contributed by atoms with van der Waals surface area (Å²) >= 11 is 0. The van der Waals surface area contributed by atoms with Crippen molar-refractivity contribution in [2.24, 2.45) is 0 Å². The number of carbonyl (C=O) groups excluding carboxylic acids is 1. The van der Waals surface area contributed by atoms with Crippen molar-refractivity contribution in [2.75, 3.05) is 32.9 Å². The van der Waals surface area contributed by atoms with Crippen LogP contribution in [-0.2, 0) is 10.0 Å². The van der Waals surface area contributed by atoms with Gasteiger partial charge in [0.05, 0.1) is 12.1 Å². The molecule has 0 fully saturated rings. The van der Waals surface area contributed by atoms with Gasteiger partial charge in [0, 0.05) is 12.2 Å². The molecule has 7 heteroatoms. The molecule has 0 saturated carbocycles. The molecule has 0 atom stereocenters. The number of amides is 1. The van der Waals surface area contributed by atoms with E-state index >= 15 is 0 Å². The lowest BCUT2D eigenvalue weighted by atomic mass is 10.1. The first-order valence-corrected chi connectivity index (χ1v) is 6.90. The van der Waals surface area contributed by atoms with Gasteiger partial charge in [0.25, 0.3) is 15.9 Å². The maximum atomic E-state index is 12.2. The van der Waals surface area contributed by atoms with Crippen LogP contribution in [0.4, 0.5) is 5.69 Å². The van der Waals surface area contributed by atoms with E-state index in [2.05, 4.69) is 0 Å². The van der Waals surface area contributed by atoms with Crippen molar-refractivity contribution in [2.45, 2.75) is 4.90 Å². The van der Waals surface area contributed by atoms with Gasteiger partial charge in [-0.05, 0) is 26.2 Å². The third kappa shape index (κ3) is 1.85. The summed E-state index contributed by atoms with van der Waals surface area (Å²) in [6, 6.07) is 4.48. The summed E-state index contributed by atoms with van der Waals surface area (Å²) in [5, 5.41) is 0. The molecule has 1 heterocycles. The Balaban J connectivity index is 2.45. The van der Waals surface area contributed by atoms with E-state index in [-0.39, 0.29) is 22.7 Å². The minimum absolute atomic E-state index is 0.00579. The average molecular weight is 269 g/mol. The number of fused-ring (bicyclic) bond motifs is 1. The Labute approximate surface area is 106 Å². The smallest absolute Gasteiger partial charge is 0.271 e. The second-order valence-corrected chi connectivity index (χ2v) is 6.24. The van der Waals surface area contributed by atoms with Gasteiger partial charge in [-0.1, -0.05) is 6.07 Å². The Morgan fingerprint density at radius 2 is 2.00 bits per heavy atom. The first-order chi connectivity index (χ1) is 8.35. The van der Waals surface area contributed by atoms with Crippen LogP contribution in [0.1, 0.15) is 10.4 Å². The van der Waals surface area contributed by atoms with Gasteiger partial charge in [-0.25, -0.2) is 12.7 Å². The maximum absolute atomic E-state index is 12.2. The average Bonchev–Trinajstić information content (AvgIpc) is 2.46. The van der Waals surface area contributed by atoms with Crippen LogP contribution in [0.15, 0.2) is 23.1 Å². The number of nitrogens with zero attached hydrogens (tertiary/aromatic N) is 2. The number of nitrogen functional groups attached to an aromatic ring is 1. The number of likely N-dealkylation sites (N-methyl/N-ethyl adjacent to an activating group) is 1. The molecule has 0 bridgehead atoms. The fourth-order valence-corrected chi connectivity index (χ4v) is 3.44. The number of sulfonamides is 1. The van der Waals surface area contributed by atoms with Crippen LogP contribution in [0.25, 0.3) is 0 Å². The number of benzene rings is 1. The molecule has 0 radical (unpaired) electrons. The number of rotatable bonds is 3. The van der Waals surface area contributed by atoms with Crippen LogP contribution in [0.3, 0.4) is 0 Å². The van der Waals surface area contributed by atoms with E-state index in [0.717, 1.165) is 4.31 Å². The van der Waals surface area contributed by atoms with Gasteiger partial charge in [0.15, 0.2) is 0 Å². The molecule has 2 N–H and O–H groups in total. The highest BCUT2D eigenvalue weighted by molar-refractivity contribution is 7.90. The summed E-state index contributed by atoms with van der Waals surface area (Å²) in [5.74, 6) is -0.537. The summed E-state index contributed by atoms with van der Waals surface area (Å²) in [5.41, 5.74) is 5.98. The highest BCUT2D eigenvalue weighted by Crippen LogP contribution is 2.33. The highest BCUT2D eigenvalue weighted by atomic mass is 32.2. The predicted octanol–water partition coefficient (Wildman–Crippen LogP) is -0.0251. The van der Waals surface area contributed by atoms with Gasteiger partial charge in [-0.15, -0.1) is 0 Å². The van der Waals surface area contributed by atoms with Crippen LogP contribution in [0.2, 0.25) is 0 Å². The second kappa shape index (κ2) is 4.25. The van der Waals surface area contributed by atoms with Crippen molar-refractivity contribution in [3.8, 4) is 0 Å². The maximum Gasteiger partial charge on any atom is 0.271 e. The van der Waals surface area contributed by atoms with Crippen LogP contribution in [-0.4, -0.2) is 50.7 Å². The van der Waals surface area contributed by atoms with Crippen molar-refractivity contribution in [1.29, 1.82) is 0 Å². The molecule has 6 nitrogen and oxygen atoms in total. The molecule has 1 aromatic carbocycles. The first-order valence-electron chi connectivity index (χ1n) is 5.46. The van der Waals surface area contributed by atoms with E-state index < -0.39 is 15.9 Å². The van der Waals surface area contributed by atoms with E-state index in [1.807, 2.05) is 19.0 Å². The van der Waals surface area contributed by atoms with Crippen molar-refractivity contribution < 1.29 is 13.2 Å². The predicted molar refractivity (Wildman–Crippen MR) is 67.6 cm³/mol. The van der Waals surface area contributed by atoms with Gasteiger partial charge in [0.2, 0.25) is 0 Å². The molecule has 1 amide bonds. The Hall–Kier alpha value is -1.60. The molecular weight excluding hydrogens is 254 g/mol. The molecule has 1 aliphatic heterocycles. The van der Waals surface area contributed by atoms with Crippen LogP contribution < -0.4 is 5.73 Å². The number of nitrogens with two attached hydrogens (primary N) is 1. The standard InChI is InChI=1S/C11H15N3O3S/c1-13(2)6-7-14-11(15)10-8(12)4-3-5-9(10)18(14,16)17/h3-5H,6-7,12H2,1-2H3. The van der Waals surface area contributed by atoms with E-state index in [1.165, 1.54) is 18.2 Å². The quantitative estimate of drug-likeness (QED) is 0.779. The monoisotopic (exact) mass is 269 g/mol. The topological polar surface area (TPSA) is 83.7 Å². The molecule has 0 saturated heterocycles. The SMILES string of the molecule is CN(C)CCN1C(=O)c2c(N)cccc2S1(=O)=O. The lowest BCUT2D eigenvalue weighted by Crippen LogP contribution is -2.36. The fraction of sp³-hybridized carbons (Fsp3) is 0.364. The minimum atomic E-state index is -3.74. The molecule has 1 aliphatic rings. The summed E-state index contributed by atoms with van der Waals surface area (Å²) in [6.07, 6.45) is 0. The third-order valence-corrected chi connectivity index (χ3v) is 4.64. The summed E-state index contributed by atoms with van der Waals surface area (Å²) in [7, 11) is -0.108. The van der Waals surface area contributed by atoms with E-state index in [9.17, 15) is 13.2 Å². The van der Waals surface area contributed by atoms with E-state index in [1.54, 1.807) is 0 Å². The molecule has 18 heavy (non-hydrogen) atoms.